The van der Waals surface area contributed by atoms with E-state index in [4.69, 9.17) is 15.2 Å². The number of nitrogens with zero attached hydrogens (tertiary/aromatic N) is 4. The molecule has 9 nitrogen and oxygen atoms in total. The molecule has 1 aliphatic heterocycles. The number of hydrogen-bond acceptors (Lipinski definition) is 8. The molecule has 0 aliphatic carbocycles. The van der Waals surface area contributed by atoms with E-state index in [2.05, 4.69) is 14.9 Å². The molecule has 0 atom stereocenters. The standard InChI is InChI=1S/C21H27N5O4/c1-11-12(2)20(28)26(19(11)27)13-5-7-25(8-6-13)21-23-15-10-17(30-4)16(29-3)9-14(15)18(22)24-21/h9-10,13,27-28H,5-8H2,1-4H3,(H2,22,23,24). The number of rotatable bonds is 4. The largest absolute Gasteiger partial charge is 0.494 e. The van der Waals surface area contributed by atoms with Crippen molar-refractivity contribution in [3.8, 4) is 23.3 Å². The summed E-state index contributed by atoms with van der Waals surface area (Å²) in [5.74, 6) is 2.36. The van der Waals surface area contributed by atoms with Gasteiger partial charge in [-0.05, 0) is 32.8 Å². The predicted molar refractivity (Wildman–Crippen MR) is 115 cm³/mol. The van der Waals surface area contributed by atoms with Gasteiger partial charge in [-0.2, -0.15) is 4.98 Å². The Hall–Kier alpha value is -3.36. The van der Waals surface area contributed by atoms with Crippen LogP contribution >= 0.6 is 0 Å². The van der Waals surface area contributed by atoms with Gasteiger partial charge in [-0.25, -0.2) is 4.98 Å². The summed E-state index contributed by atoms with van der Waals surface area (Å²) in [7, 11) is 3.15. The van der Waals surface area contributed by atoms with Crippen LogP contribution in [0.5, 0.6) is 23.3 Å². The first-order chi connectivity index (χ1) is 14.3. The zero-order valence-electron chi connectivity index (χ0n) is 17.6. The lowest BCUT2D eigenvalue weighted by Crippen LogP contribution is -2.35. The number of benzene rings is 1. The minimum absolute atomic E-state index is 0.0100. The Morgan fingerprint density at radius 2 is 1.53 bits per heavy atom. The zero-order chi connectivity index (χ0) is 21.6. The molecule has 3 aromatic rings. The lowest BCUT2D eigenvalue weighted by molar-refractivity contribution is 0.298. The van der Waals surface area contributed by atoms with Crippen LogP contribution in [0.4, 0.5) is 11.8 Å². The van der Waals surface area contributed by atoms with Gasteiger partial charge < -0.3 is 30.3 Å². The van der Waals surface area contributed by atoms with Crippen molar-refractivity contribution < 1.29 is 19.7 Å². The lowest BCUT2D eigenvalue weighted by atomic mass is 10.1. The molecule has 0 saturated carbocycles. The van der Waals surface area contributed by atoms with Crippen molar-refractivity contribution in [1.82, 2.24) is 14.5 Å². The zero-order valence-corrected chi connectivity index (χ0v) is 17.6. The molecule has 1 aliphatic rings. The Labute approximate surface area is 174 Å². The van der Waals surface area contributed by atoms with E-state index in [1.165, 1.54) is 0 Å². The third kappa shape index (κ3) is 3.10. The van der Waals surface area contributed by atoms with Crippen molar-refractivity contribution in [3.63, 3.8) is 0 Å². The van der Waals surface area contributed by atoms with Crippen LogP contribution in [0.15, 0.2) is 12.1 Å². The normalized spacial score (nSPS) is 15.0. The Morgan fingerprint density at radius 3 is 2.10 bits per heavy atom. The van der Waals surface area contributed by atoms with Crippen LogP contribution in [0.2, 0.25) is 0 Å². The summed E-state index contributed by atoms with van der Waals surface area (Å²) < 4.78 is 12.3. The van der Waals surface area contributed by atoms with Gasteiger partial charge in [0.2, 0.25) is 5.95 Å². The number of hydrogen-bond donors (Lipinski definition) is 3. The smallest absolute Gasteiger partial charge is 0.227 e. The first kappa shape index (κ1) is 19.9. The molecule has 160 valence electrons. The molecule has 1 aromatic carbocycles. The summed E-state index contributed by atoms with van der Waals surface area (Å²) in [5.41, 5.74) is 8.32. The number of ether oxygens (including phenoxy) is 2. The average Bonchev–Trinajstić information content (AvgIpc) is 2.95. The molecule has 0 spiro atoms. The van der Waals surface area contributed by atoms with Gasteiger partial charge in [0, 0.05) is 41.7 Å². The molecule has 2 aromatic heterocycles. The summed E-state index contributed by atoms with van der Waals surface area (Å²) in [6.45, 7) is 4.98. The highest BCUT2D eigenvalue weighted by atomic mass is 16.5. The highest BCUT2D eigenvalue weighted by Crippen LogP contribution is 2.40. The number of piperidine rings is 1. The molecule has 4 N–H and O–H groups in total. The maximum Gasteiger partial charge on any atom is 0.227 e. The molecule has 1 fully saturated rings. The van der Waals surface area contributed by atoms with Crippen LogP contribution in [0, 0.1) is 13.8 Å². The SMILES string of the molecule is COc1cc2nc(N3CCC(n4c(O)c(C)c(C)c4O)CC3)nc(N)c2cc1OC. The maximum atomic E-state index is 10.4. The molecule has 4 rings (SSSR count). The quantitative estimate of drug-likeness (QED) is 0.597. The fraction of sp³-hybridized carbons (Fsp3) is 0.429. The molecular weight excluding hydrogens is 386 g/mol. The van der Waals surface area contributed by atoms with Crippen molar-refractivity contribution in [2.24, 2.45) is 0 Å². The van der Waals surface area contributed by atoms with Crippen LogP contribution in [0.3, 0.4) is 0 Å². The number of nitrogen functional groups attached to an aromatic ring is 1. The van der Waals surface area contributed by atoms with Crippen molar-refractivity contribution in [2.75, 3.05) is 37.9 Å². The third-order valence-electron chi connectivity index (χ3n) is 6.02. The highest BCUT2D eigenvalue weighted by molar-refractivity contribution is 5.91. The van der Waals surface area contributed by atoms with E-state index in [1.807, 2.05) is 13.8 Å². The second-order valence-corrected chi connectivity index (χ2v) is 7.62. The van der Waals surface area contributed by atoms with E-state index >= 15 is 0 Å². The van der Waals surface area contributed by atoms with Crippen molar-refractivity contribution >= 4 is 22.7 Å². The summed E-state index contributed by atoms with van der Waals surface area (Å²) in [6, 6.07) is 3.59. The van der Waals surface area contributed by atoms with Crippen LogP contribution in [0.1, 0.15) is 30.0 Å². The summed E-state index contributed by atoms with van der Waals surface area (Å²) in [4.78, 5) is 11.3. The lowest BCUT2D eigenvalue weighted by Gasteiger charge is -2.33. The monoisotopic (exact) mass is 413 g/mol. The van der Waals surface area contributed by atoms with E-state index < -0.39 is 0 Å². The van der Waals surface area contributed by atoms with Crippen molar-refractivity contribution in [2.45, 2.75) is 32.7 Å². The molecule has 3 heterocycles. The van der Waals surface area contributed by atoms with Crippen molar-refractivity contribution in [1.29, 1.82) is 0 Å². The van der Waals surface area contributed by atoms with E-state index in [0.717, 1.165) is 12.8 Å². The van der Waals surface area contributed by atoms with Gasteiger partial charge in [-0.3, -0.25) is 4.57 Å². The van der Waals surface area contributed by atoms with Gasteiger partial charge in [0.05, 0.1) is 19.7 Å². The Balaban J connectivity index is 1.60. The predicted octanol–water partition coefficient (Wildman–Crippen LogP) is 2.90. The Bertz CT molecular complexity index is 1080. The van der Waals surface area contributed by atoms with E-state index in [-0.39, 0.29) is 17.8 Å². The summed E-state index contributed by atoms with van der Waals surface area (Å²) >= 11 is 0. The average molecular weight is 413 g/mol. The van der Waals surface area contributed by atoms with Gasteiger partial charge in [0.15, 0.2) is 23.3 Å². The molecule has 0 amide bonds. The first-order valence-corrected chi connectivity index (χ1v) is 9.89. The molecule has 0 radical (unpaired) electrons. The van der Waals surface area contributed by atoms with Crippen LogP contribution in [0.25, 0.3) is 10.9 Å². The number of aromatic hydroxyl groups is 2. The fourth-order valence-corrected chi connectivity index (χ4v) is 4.08. The van der Waals surface area contributed by atoms with Gasteiger partial charge in [0.25, 0.3) is 0 Å². The molecule has 0 bridgehead atoms. The van der Waals surface area contributed by atoms with Gasteiger partial charge in [-0.1, -0.05) is 0 Å². The molecule has 30 heavy (non-hydrogen) atoms. The van der Waals surface area contributed by atoms with Gasteiger partial charge >= 0.3 is 0 Å². The van der Waals surface area contributed by atoms with Crippen LogP contribution in [-0.2, 0) is 0 Å². The van der Waals surface area contributed by atoms with E-state index in [0.29, 0.717) is 58.4 Å². The maximum absolute atomic E-state index is 10.4. The Kier molecular flexibility index (Phi) is 4.97. The van der Waals surface area contributed by atoms with E-state index in [9.17, 15) is 10.2 Å². The highest BCUT2D eigenvalue weighted by Gasteiger charge is 2.28. The third-order valence-corrected chi connectivity index (χ3v) is 6.02. The molecule has 0 unspecified atom stereocenters. The fourth-order valence-electron chi connectivity index (χ4n) is 4.08. The first-order valence-electron chi connectivity index (χ1n) is 9.89. The number of methoxy groups -OCH3 is 2. The summed E-state index contributed by atoms with van der Waals surface area (Å²) in [5, 5.41) is 21.5. The van der Waals surface area contributed by atoms with Crippen LogP contribution < -0.4 is 20.1 Å². The Morgan fingerprint density at radius 1 is 0.967 bits per heavy atom. The number of fused-ring (bicyclic) bond motifs is 1. The minimum atomic E-state index is 0.0100. The number of anilines is 2. The second-order valence-electron chi connectivity index (χ2n) is 7.62. The number of aromatic nitrogens is 3. The van der Waals surface area contributed by atoms with Gasteiger partial charge in [0.1, 0.15) is 5.82 Å². The molecule has 1 saturated heterocycles. The van der Waals surface area contributed by atoms with Gasteiger partial charge in [-0.15, -0.1) is 0 Å². The van der Waals surface area contributed by atoms with E-state index in [1.54, 1.807) is 30.9 Å². The second kappa shape index (κ2) is 7.47. The number of nitrogens with two attached hydrogens (primary N) is 1. The van der Waals surface area contributed by atoms with Crippen LogP contribution in [-0.4, -0.2) is 52.1 Å². The minimum Gasteiger partial charge on any atom is -0.494 e. The molecule has 9 heteroatoms. The molecular formula is C21H27N5O4. The summed E-state index contributed by atoms with van der Waals surface area (Å²) in [6.07, 6.45) is 1.48. The topological polar surface area (TPSA) is 119 Å². The van der Waals surface area contributed by atoms with Crippen molar-refractivity contribution in [3.05, 3.63) is 23.3 Å².